The number of carboxylic acids is 1. The van der Waals surface area contributed by atoms with Gasteiger partial charge in [-0.25, -0.2) is 4.79 Å². The maximum absolute atomic E-state index is 11.1. The Hall–Kier alpha value is -2.63. The molecule has 0 amide bonds. The molecule has 6 heteroatoms. The first-order valence-electron chi connectivity index (χ1n) is 7.85. The number of carboxylic acid groups (broad SMARTS) is 1. The van der Waals surface area contributed by atoms with Crippen molar-refractivity contribution in [1.29, 1.82) is 0 Å². The number of aromatic carboxylic acids is 1. The fourth-order valence-electron chi connectivity index (χ4n) is 2.46. The van der Waals surface area contributed by atoms with E-state index in [1.54, 1.807) is 23.9 Å². The maximum Gasteiger partial charge on any atom is 0.339 e. The van der Waals surface area contributed by atoms with Crippen LogP contribution in [0.3, 0.4) is 0 Å². The predicted molar refractivity (Wildman–Crippen MR) is 104 cm³/mol. The van der Waals surface area contributed by atoms with E-state index in [4.69, 9.17) is 16.7 Å². The van der Waals surface area contributed by atoms with Gasteiger partial charge in [0, 0.05) is 21.4 Å². The molecule has 0 fully saturated rings. The van der Waals surface area contributed by atoms with Crippen molar-refractivity contribution in [2.24, 2.45) is 0 Å². The Bertz CT molecular complexity index is 946. The van der Waals surface area contributed by atoms with Crippen molar-refractivity contribution in [2.45, 2.75) is 16.3 Å². The average molecular weight is 386 g/mol. The molecule has 0 aliphatic rings. The lowest BCUT2D eigenvalue weighted by Crippen LogP contribution is -2.04. The van der Waals surface area contributed by atoms with Gasteiger partial charge < -0.3 is 15.5 Å². The minimum absolute atomic E-state index is 0.128. The van der Waals surface area contributed by atoms with Gasteiger partial charge >= 0.3 is 5.97 Å². The third-order valence-corrected chi connectivity index (χ3v) is 5.08. The lowest BCUT2D eigenvalue weighted by atomic mass is 10.1. The quantitative estimate of drug-likeness (QED) is 0.488. The molecule has 0 bridgehead atoms. The van der Waals surface area contributed by atoms with E-state index >= 15 is 0 Å². The second kappa shape index (κ2) is 8.17. The van der Waals surface area contributed by atoms with Gasteiger partial charge in [-0.05, 0) is 42.0 Å². The van der Waals surface area contributed by atoms with Crippen LogP contribution < -0.4 is 5.32 Å². The molecule has 0 saturated carbocycles. The summed E-state index contributed by atoms with van der Waals surface area (Å²) in [5.74, 6) is -1.43. The van der Waals surface area contributed by atoms with E-state index in [9.17, 15) is 9.90 Å². The average Bonchev–Trinajstić information content (AvgIpc) is 2.62. The van der Waals surface area contributed by atoms with Gasteiger partial charge in [0.05, 0.1) is 5.69 Å². The van der Waals surface area contributed by atoms with E-state index in [1.807, 2.05) is 48.5 Å². The number of carbonyl (C=O) groups is 1. The summed E-state index contributed by atoms with van der Waals surface area (Å²) in [5, 5.41) is 23.0. The monoisotopic (exact) mass is 385 g/mol. The van der Waals surface area contributed by atoms with Gasteiger partial charge in [0.15, 0.2) is 5.75 Å². The summed E-state index contributed by atoms with van der Waals surface area (Å²) in [6, 6.07) is 20.1. The Balaban J connectivity index is 1.79. The van der Waals surface area contributed by atoms with Crippen molar-refractivity contribution in [3.8, 4) is 5.75 Å². The first kappa shape index (κ1) is 18.2. The summed E-state index contributed by atoms with van der Waals surface area (Å²) in [4.78, 5) is 13.2. The lowest BCUT2D eigenvalue weighted by molar-refractivity contribution is 0.0694. The van der Waals surface area contributed by atoms with Crippen molar-refractivity contribution >= 4 is 35.0 Å². The normalized spacial score (nSPS) is 10.5. The van der Waals surface area contributed by atoms with Crippen LogP contribution in [0.4, 0.5) is 5.69 Å². The van der Waals surface area contributed by atoms with Gasteiger partial charge in [-0.1, -0.05) is 53.7 Å². The summed E-state index contributed by atoms with van der Waals surface area (Å²) in [6.45, 7) is 0.445. The van der Waals surface area contributed by atoms with Crippen molar-refractivity contribution in [1.82, 2.24) is 0 Å². The molecule has 0 unspecified atom stereocenters. The molecular formula is C20H16ClNO3S. The van der Waals surface area contributed by atoms with E-state index < -0.39 is 5.97 Å². The van der Waals surface area contributed by atoms with Crippen LogP contribution in [-0.2, 0) is 6.54 Å². The standard InChI is InChI=1S/C20H16ClNO3S/c21-14-6-3-7-15(11-14)26-18-10-2-1-5-13(18)12-22-17-9-4-8-16(19(17)23)20(24)25/h1-11,22-23H,12H2,(H,24,25). The molecule has 3 N–H and O–H groups in total. The Morgan fingerprint density at radius 2 is 1.81 bits per heavy atom. The third kappa shape index (κ3) is 4.31. The van der Waals surface area contributed by atoms with Crippen molar-refractivity contribution in [2.75, 3.05) is 5.32 Å². The van der Waals surface area contributed by atoms with Gasteiger partial charge in [-0.2, -0.15) is 0 Å². The van der Waals surface area contributed by atoms with E-state index in [0.717, 1.165) is 15.4 Å². The zero-order valence-corrected chi connectivity index (χ0v) is 15.2. The van der Waals surface area contributed by atoms with Crippen LogP contribution in [0.5, 0.6) is 5.75 Å². The van der Waals surface area contributed by atoms with Crippen LogP contribution in [0, 0.1) is 0 Å². The zero-order valence-electron chi connectivity index (χ0n) is 13.6. The third-order valence-electron chi connectivity index (χ3n) is 3.73. The fraction of sp³-hybridized carbons (Fsp3) is 0.0500. The number of hydrogen-bond donors (Lipinski definition) is 3. The molecule has 0 saturated heterocycles. The SMILES string of the molecule is O=C(O)c1cccc(NCc2ccccc2Sc2cccc(Cl)c2)c1O. The number of nitrogens with one attached hydrogen (secondary N) is 1. The highest BCUT2D eigenvalue weighted by Crippen LogP contribution is 2.33. The van der Waals surface area contributed by atoms with E-state index in [0.29, 0.717) is 17.3 Å². The number of anilines is 1. The van der Waals surface area contributed by atoms with E-state index in [-0.39, 0.29) is 11.3 Å². The van der Waals surface area contributed by atoms with Crippen LogP contribution in [0.15, 0.2) is 76.5 Å². The van der Waals surface area contributed by atoms with Gasteiger partial charge in [0.2, 0.25) is 0 Å². The van der Waals surface area contributed by atoms with E-state index in [2.05, 4.69) is 5.32 Å². The Kier molecular flexibility index (Phi) is 5.71. The summed E-state index contributed by atoms with van der Waals surface area (Å²) >= 11 is 7.64. The second-order valence-corrected chi connectivity index (χ2v) is 7.08. The molecule has 4 nitrogen and oxygen atoms in total. The van der Waals surface area contributed by atoms with E-state index in [1.165, 1.54) is 6.07 Å². The largest absolute Gasteiger partial charge is 0.505 e. The molecule has 3 aromatic rings. The van der Waals surface area contributed by atoms with Gasteiger partial charge in [-0.15, -0.1) is 0 Å². The summed E-state index contributed by atoms with van der Waals surface area (Å²) in [6.07, 6.45) is 0. The van der Waals surface area contributed by atoms with Gasteiger partial charge in [0.1, 0.15) is 5.56 Å². The number of halogens is 1. The van der Waals surface area contributed by atoms with Crippen molar-refractivity contribution in [3.63, 3.8) is 0 Å². The number of para-hydroxylation sites is 1. The molecule has 3 rings (SSSR count). The molecule has 0 aliphatic carbocycles. The molecule has 26 heavy (non-hydrogen) atoms. The lowest BCUT2D eigenvalue weighted by Gasteiger charge is -2.13. The van der Waals surface area contributed by atoms with Crippen molar-refractivity contribution in [3.05, 3.63) is 82.9 Å². The number of hydrogen-bond acceptors (Lipinski definition) is 4. The Morgan fingerprint density at radius 1 is 1.04 bits per heavy atom. The van der Waals surface area contributed by atoms with Crippen LogP contribution in [0.2, 0.25) is 5.02 Å². The topological polar surface area (TPSA) is 69.6 Å². The van der Waals surface area contributed by atoms with Crippen LogP contribution in [0.1, 0.15) is 15.9 Å². The fourth-order valence-corrected chi connectivity index (χ4v) is 3.72. The number of rotatable bonds is 6. The van der Waals surface area contributed by atoms with Gasteiger partial charge in [-0.3, -0.25) is 0 Å². The number of aromatic hydroxyl groups is 1. The second-order valence-electron chi connectivity index (χ2n) is 5.53. The molecule has 132 valence electrons. The molecule has 0 spiro atoms. The summed E-state index contributed by atoms with van der Waals surface area (Å²) in [7, 11) is 0. The summed E-state index contributed by atoms with van der Waals surface area (Å²) < 4.78 is 0. The highest BCUT2D eigenvalue weighted by atomic mass is 35.5. The number of benzene rings is 3. The minimum Gasteiger partial charge on any atom is -0.505 e. The van der Waals surface area contributed by atoms with Crippen molar-refractivity contribution < 1.29 is 15.0 Å². The molecule has 0 radical (unpaired) electrons. The molecule has 0 atom stereocenters. The molecule has 3 aromatic carbocycles. The minimum atomic E-state index is -1.16. The molecular weight excluding hydrogens is 370 g/mol. The number of phenols is 1. The predicted octanol–water partition coefficient (Wildman–Crippen LogP) is 5.51. The first-order chi connectivity index (χ1) is 12.5. The molecule has 0 aromatic heterocycles. The van der Waals surface area contributed by atoms with Gasteiger partial charge in [0.25, 0.3) is 0 Å². The smallest absolute Gasteiger partial charge is 0.339 e. The highest BCUT2D eigenvalue weighted by Gasteiger charge is 2.13. The van der Waals surface area contributed by atoms with Crippen LogP contribution >= 0.6 is 23.4 Å². The Labute approximate surface area is 160 Å². The van der Waals surface area contributed by atoms with Crippen LogP contribution in [-0.4, -0.2) is 16.2 Å². The zero-order chi connectivity index (χ0) is 18.5. The first-order valence-corrected chi connectivity index (χ1v) is 9.04. The van der Waals surface area contributed by atoms with Crippen LogP contribution in [0.25, 0.3) is 0 Å². The molecule has 0 aliphatic heterocycles. The molecule has 0 heterocycles. The highest BCUT2D eigenvalue weighted by molar-refractivity contribution is 7.99. The maximum atomic E-state index is 11.1. The summed E-state index contributed by atoms with van der Waals surface area (Å²) in [5.41, 5.74) is 1.28. The Morgan fingerprint density at radius 3 is 2.58 bits per heavy atom.